The Morgan fingerprint density at radius 2 is 1.96 bits per heavy atom. The van der Waals surface area contributed by atoms with Gasteiger partial charge in [-0.3, -0.25) is 4.79 Å². The van der Waals surface area contributed by atoms with E-state index in [4.69, 9.17) is 11.6 Å². The topological polar surface area (TPSA) is 60.7 Å². The highest BCUT2D eigenvalue weighted by molar-refractivity contribution is 7.98. The van der Waals surface area contributed by atoms with Gasteiger partial charge in [0.1, 0.15) is 10.7 Å². The van der Waals surface area contributed by atoms with Crippen molar-refractivity contribution in [2.45, 2.75) is 11.4 Å². The van der Waals surface area contributed by atoms with Gasteiger partial charge in [0.15, 0.2) is 0 Å². The van der Waals surface area contributed by atoms with Gasteiger partial charge in [-0.1, -0.05) is 35.0 Å². The van der Waals surface area contributed by atoms with E-state index >= 15 is 0 Å². The lowest BCUT2D eigenvalue weighted by Gasteiger charge is -2.08. The van der Waals surface area contributed by atoms with Gasteiger partial charge in [-0.25, -0.2) is 9.67 Å². The molecule has 7 heteroatoms. The molecule has 124 valence electrons. The first-order chi connectivity index (χ1) is 12.2. The van der Waals surface area contributed by atoms with Crippen LogP contribution in [0.5, 0.6) is 0 Å². The van der Waals surface area contributed by atoms with E-state index in [2.05, 4.69) is 15.3 Å². The SMILES string of the molecule is CSc1ccc2cc(Cn3nnc4ccccc4c3=O)c(Cl)nc2c1. The third kappa shape index (κ3) is 2.99. The highest BCUT2D eigenvalue weighted by atomic mass is 35.5. The summed E-state index contributed by atoms with van der Waals surface area (Å²) in [5.41, 5.74) is 1.95. The van der Waals surface area contributed by atoms with Crippen molar-refractivity contribution >= 4 is 45.2 Å². The van der Waals surface area contributed by atoms with Crippen molar-refractivity contribution in [2.75, 3.05) is 6.26 Å². The summed E-state index contributed by atoms with van der Waals surface area (Å²) >= 11 is 7.99. The van der Waals surface area contributed by atoms with Crippen LogP contribution >= 0.6 is 23.4 Å². The number of thioether (sulfide) groups is 1. The van der Waals surface area contributed by atoms with Crippen LogP contribution < -0.4 is 5.56 Å². The zero-order valence-corrected chi connectivity index (χ0v) is 14.9. The van der Waals surface area contributed by atoms with E-state index in [1.807, 2.05) is 42.7 Å². The summed E-state index contributed by atoms with van der Waals surface area (Å²) in [5.74, 6) is 0. The number of pyridine rings is 1. The third-order valence-corrected chi connectivity index (χ3v) is 5.05. The van der Waals surface area contributed by atoms with E-state index in [9.17, 15) is 4.79 Å². The first-order valence-corrected chi connectivity index (χ1v) is 9.22. The number of benzene rings is 2. The minimum Gasteiger partial charge on any atom is -0.267 e. The molecule has 25 heavy (non-hydrogen) atoms. The molecule has 0 spiro atoms. The summed E-state index contributed by atoms with van der Waals surface area (Å²) in [6, 6.07) is 15.1. The Labute approximate surface area is 152 Å². The van der Waals surface area contributed by atoms with Crippen molar-refractivity contribution < 1.29 is 0 Å². The molecule has 4 rings (SSSR count). The second-order valence-electron chi connectivity index (χ2n) is 5.57. The highest BCUT2D eigenvalue weighted by Crippen LogP contribution is 2.25. The van der Waals surface area contributed by atoms with Gasteiger partial charge >= 0.3 is 0 Å². The average molecular weight is 369 g/mol. The zero-order valence-electron chi connectivity index (χ0n) is 13.3. The molecule has 0 bridgehead atoms. The van der Waals surface area contributed by atoms with E-state index in [-0.39, 0.29) is 12.1 Å². The maximum atomic E-state index is 12.6. The van der Waals surface area contributed by atoms with Crippen LogP contribution in [0.2, 0.25) is 5.15 Å². The van der Waals surface area contributed by atoms with Gasteiger partial charge in [-0.05, 0) is 36.6 Å². The van der Waals surface area contributed by atoms with E-state index in [1.165, 1.54) is 4.68 Å². The van der Waals surface area contributed by atoms with Crippen molar-refractivity contribution in [3.8, 4) is 0 Å². The molecule has 2 aromatic carbocycles. The van der Waals surface area contributed by atoms with Gasteiger partial charge in [-0.2, -0.15) is 0 Å². The van der Waals surface area contributed by atoms with Gasteiger partial charge < -0.3 is 0 Å². The van der Waals surface area contributed by atoms with E-state index in [1.54, 1.807) is 23.9 Å². The molecular weight excluding hydrogens is 356 g/mol. The lowest BCUT2D eigenvalue weighted by Crippen LogP contribution is -2.25. The Hall–Kier alpha value is -2.44. The number of aromatic nitrogens is 4. The van der Waals surface area contributed by atoms with Crippen molar-refractivity contribution in [3.05, 3.63) is 69.6 Å². The molecule has 0 aliphatic heterocycles. The summed E-state index contributed by atoms with van der Waals surface area (Å²) < 4.78 is 1.31. The second-order valence-corrected chi connectivity index (χ2v) is 6.80. The third-order valence-electron chi connectivity index (χ3n) is 4.00. The standard InChI is InChI=1S/C18H13ClN4OS/c1-25-13-7-6-11-8-12(17(19)20-16(11)9-13)10-23-18(24)14-4-2-3-5-15(14)21-22-23/h2-9H,10H2,1H3. The Balaban J connectivity index is 1.79. The van der Waals surface area contributed by atoms with Crippen LogP contribution in [-0.4, -0.2) is 26.2 Å². The van der Waals surface area contributed by atoms with E-state index in [0.717, 1.165) is 21.4 Å². The van der Waals surface area contributed by atoms with Crippen LogP contribution in [0.1, 0.15) is 5.56 Å². The van der Waals surface area contributed by atoms with Gasteiger partial charge in [-0.15, -0.1) is 16.9 Å². The number of nitrogens with zero attached hydrogens (tertiary/aromatic N) is 4. The first-order valence-electron chi connectivity index (χ1n) is 7.61. The molecule has 2 aromatic heterocycles. The Bertz CT molecular complexity index is 1160. The molecule has 2 heterocycles. The van der Waals surface area contributed by atoms with Crippen LogP contribution in [0.15, 0.2) is 58.2 Å². The average Bonchev–Trinajstić information content (AvgIpc) is 2.64. The van der Waals surface area contributed by atoms with Crippen molar-refractivity contribution in [1.82, 2.24) is 20.0 Å². The summed E-state index contributed by atoms with van der Waals surface area (Å²) in [7, 11) is 0. The van der Waals surface area contributed by atoms with E-state index in [0.29, 0.717) is 16.1 Å². The van der Waals surface area contributed by atoms with Crippen LogP contribution in [-0.2, 0) is 6.54 Å². The first kappa shape index (κ1) is 16.1. The van der Waals surface area contributed by atoms with Crippen molar-refractivity contribution in [2.24, 2.45) is 0 Å². The molecule has 0 unspecified atom stereocenters. The summed E-state index contributed by atoms with van der Waals surface area (Å²) in [6.45, 7) is 0.225. The lowest BCUT2D eigenvalue weighted by molar-refractivity contribution is 0.600. The predicted molar refractivity (Wildman–Crippen MR) is 101 cm³/mol. The van der Waals surface area contributed by atoms with Gasteiger partial charge in [0.2, 0.25) is 0 Å². The van der Waals surface area contributed by atoms with Crippen LogP contribution in [0.3, 0.4) is 0 Å². The summed E-state index contributed by atoms with van der Waals surface area (Å²) in [5, 5.41) is 9.99. The van der Waals surface area contributed by atoms with Gasteiger partial charge in [0.25, 0.3) is 5.56 Å². The molecule has 5 nitrogen and oxygen atoms in total. The fourth-order valence-electron chi connectivity index (χ4n) is 2.69. The Kier molecular flexibility index (Phi) is 4.15. The molecule has 0 aliphatic rings. The maximum absolute atomic E-state index is 12.6. The predicted octanol–water partition coefficient (Wildman–Crippen LogP) is 3.76. The van der Waals surface area contributed by atoms with Crippen molar-refractivity contribution in [1.29, 1.82) is 0 Å². The molecular formula is C18H13ClN4OS. The summed E-state index contributed by atoms with van der Waals surface area (Å²) in [4.78, 5) is 18.2. The number of halogens is 1. The lowest BCUT2D eigenvalue weighted by atomic mass is 10.1. The molecule has 0 saturated heterocycles. The fourth-order valence-corrected chi connectivity index (χ4v) is 3.33. The van der Waals surface area contributed by atoms with Crippen LogP contribution in [0, 0.1) is 0 Å². The molecule has 0 amide bonds. The quantitative estimate of drug-likeness (QED) is 0.407. The molecule has 0 saturated carbocycles. The van der Waals surface area contributed by atoms with Gasteiger partial charge in [0, 0.05) is 15.8 Å². The second kappa shape index (κ2) is 6.46. The van der Waals surface area contributed by atoms with Crippen molar-refractivity contribution in [3.63, 3.8) is 0 Å². The largest absolute Gasteiger partial charge is 0.277 e. The number of fused-ring (bicyclic) bond motifs is 2. The van der Waals surface area contributed by atoms with Crippen LogP contribution in [0.4, 0.5) is 0 Å². The number of rotatable bonds is 3. The van der Waals surface area contributed by atoms with Gasteiger partial charge in [0.05, 0.1) is 17.4 Å². The maximum Gasteiger partial charge on any atom is 0.277 e. The molecule has 0 atom stereocenters. The monoisotopic (exact) mass is 368 g/mol. The molecule has 0 N–H and O–H groups in total. The Morgan fingerprint density at radius 3 is 2.80 bits per heavy atom. The summed E-state index contributed by atoms with van der Waals surface area (Å²) in [6.07, 6.45) is 2.02. The fraction of sp³-hybridized carbons (Fsp3) is 0.111. The number of hydrogen-bond donors (Lipinski definition) is 0. The molecule has 4 aromatic rings. The molecule has 0 aliphatic carbocycles. The Morgan fingerprint density at radius 1 is 1.12 bits per heavy atom. The number of hydrogen-bond acceptors (Lipinski definition) is 5. The van der Waals surface area contributed by atoms with E-state index < -0.39 is 0 Å². The molecule has 0 fully saturated rings. The highest BCUT2D eigenvalue weighted by Gasteiger charge is 2.10. The normalized spacial score (nSPS) is 11.3. The molecule has 0 radical (unpaired) electrons. The minimum absolute atomic E-state index is 0.195. The zero-order chi connectivity index (χ0) is 17.4. The van der Waals surface area contributed by atoms with Crippen LogP contribution in [0.25, 0.3) is 21.8 Å². The smallest absolute Gasteiger partial charge is 0.267 e. The minimum atomic E-state index is -0.195.